The highest BCUT2D eigenvalue weighted by Crippen LogP contribution is 2.30. The molecule has 11 nitrogen and oxygen atoms in total. The van der Waals surface area contributed by atoms with Crippen molar-refractivity contribution in [3.63, 3.8) is 0 Å². The zero-order valence-corrected chi connectivity index (χ0v) is 18.0. The Labute approximate surface area is 188 Å². The summed E-state index contributed by atoms with van der Waals surface area (Å²) >= 11 is 0. The molecule has 1 aliphatic heterocycles. The number of carbonyl (C=O) groups excluding carboxylic acids is 4. The van der Waals surface area contributed by atoms with E-state index in [0.29, 0.717) is 28.9 Å². The molecule has 1 aromatic heterocycles. The molecule has 1 aliphatic rings. The highest BCUT2D eigenvalue weighted by molar-refractivity contribution is 6.11. The van der Waals surface area contributed by atoms with Crippen LogP contribution in [0.15, 0.2) is 54.9 Å². The summed E-state index contributed by atoms with van der Waals surface area (Å²) in [7, 11) is 0. The van der Waals surface area contributed by atoms with Gasteiger partial charge in [0, 0.05) is 17.7 Å². The number of tetrazole rings is 1. The fourth-order valence-electron chi connectivity index (χ4n) is 3.50. The lowest BCUT2D eigenvalue weighted by Crippen LogP contribution is -2.41. The van der Waals surface area contributed by atoms with Crippen LogP contribution in [0.3, 0.4) is 0 Å². The smallest absolute Gasteiger partial charge is 0.325 e. The van der Waals surface area contributed by atoms with Gasteiger partial charge < -0.3 is 10.6 Å². The van der Waals surface area contributed by atoms with Crippen molar-refractivity contribution in [1.82, 2.24) is 30.4 Å². The van der Waals surface area contributed by atoms with Crippen molar-refractivity contribution in [2.75, 3.05) is 11.9 Å². The molecule has 0 bridgehead atoms. The maximum Gasteiger partial charge on any atom is 0.325 e. The second kappa shape index (κ2) is 8.61. The minimum Gasteiger partial charge on any atom is -0.326 e. The first-order valence-corrected chi connectivity index (χ1v) is 10.2. The van der Waals surface area contributed by atoms with E-state index in [1.165, 1.54) is 11.0 Å². The standard InChI is InChI=1S/C22H21N7O4/c1-3-19(31)24-16-9-7-14(8-10-16)18(30)12-28-20(32)22(2,25-21(28)33)15-5-4-6-17(11-15)29-13-23-26-27-29/h4-11,13H,3,12H2,1-2H3,(H,24,31)(H,25,33). The predicted molar refractivity (Wildman–Crippen MR) is 116 cm³/mol. The number of hydrogen-bond acceptors (Lipinski definition) is 7. The quantitative estimate of drug-likeness (QED) is 0.415. The molecule has 0 aliphatic carbocycles. The molecule has 4 amide bonds. The third kappa shape index (κ3) is 4.20. The average Bonchev–Trinajstić information content (AvgIpc) is 3.43. The van der Waals surface area contributed by atoms with Gasteiger partial charge in [-0.05, 0) is 59.3 Å². The average molecular weight is 447 g/mol. The molecule has 4 rings (SSSR count). The van der Waals surface area contributed by atoms with E-state index in [2.05, 4.69) is 26.2 Å². The molecular weight excluding hydrogens is 426 g/mol. The summed E-state index contributed by atoms with van der Waals surface area (Å²) in [6.07, 6.45) is 1.75. The lowest BCUT2D eigenvalue weighted by Gasteiger charge is -2.22. The Morgan fingerprint density at radius 1 is 1.12 bits per heavy atom. The Morgan fingerprint density at radius 3 is 2.55 bits per heavy atom. The summed E-state index contributed by atoms with van der Waals surface area (Å²) < 4.78 is 1.43. The van der Waals surface area contributed by atoms with E-state index < -0.39 is 29.8 Å². The number of hydrogen-bond donors (Lipinski definition) is 2. The number of Topliss-reactive ketones (excluding diaryl/α,β-unsaturated/α-hetero) is 1. The van der Waals surface area contributed by atoms with Gasteiger partial charge in [0.15, 0.2) is 5.78 Å². The summed E-state index contributed by atoms with van der Waals surface area (Å²) in [6.45, 7) is 2.91. The Kier molecular flexibility index (Phi) is 5.69. The normalized spacial score (nSPS) is 17.7. The lowest BCUT2D eigenvalue weighted by atomic mass is 9.91. The maximum absolute atomic E-state index is 13.2. The summed E-state index contributed by atoms with van der Waals surface area (Å²) in [5, 5.41) is 16.4. The summed E-state index contributed by atoms with van der Waals surface area (Å²) in [5.41, 5.74) is 0.670. The van der Waals surface area contributed by atoms with Crippen molar-refractivity contribution in [1.29, 1.82) is 0 Å². The highest BCUT2D eigenvalue weighted by atomic mass is 16.2. The topological polar surface area (TPSA) is 139 Å². The van der Waals surface area contributed by atoms with Crippen LogP contribution in [-0.2, 0) is 15.1 Å². The third-order valence-corrected chi connectivity index (χ3v) is 5.43. The molecule has 0 saturated carbocycles. The van der Waals surface area contributed by atoms with Crippen molar-refractivity contribution in [2.45, 2.75) is 25.8 Å². The van der Waals surface area contributed by atoms with E-state index in [1.807, 2.05) is 0 Å². The molecule has 1 unspecified atom stereocenters. The molecule has 168 valence electrons. The molecule has 33 heavy (non-hydrogen) atoms. The first-order chi connectivity index (χ1) is 15.8. The number of anilines is 1. The molecule has 0 spiro atoms. The van der Waals surface area contributed by atoms with Crippen LogP contribution in [0.4, 0.5) is 10.5 Å². The molecule has 1 saturated heterocycles. The zero-order chi connectivity index (χ0) is 23.6. The molecular formula is C22H21N7O4. The largest absolute Gasteiger partial charge is 0.326 e. The molecule has 3 aromatic rings. The van der Waals surface area contributed by atoms with Gasteiger partial charge in [-0.2, -0.15) is 0 Å². The van der Waals surface area contributed by atoms with Gasteiger partial charge >= 0.3 is 6.03 Å². The Morgan fingerprint density at radius 2 is 1.88 bits per heavy atom. The van der Waals surface area contributed by atoms with Gasteiger partial charge in [0.05, 0.1) is 12.2 Å². The minimum atomic E-state index is -1.35. The summed E-state index contributed by atoms with van der Waals surface area (Å²) in [5.74, 6) is -1.09. The number of nitrogens with one attached hydrogen (secondary N) is 2. The number of carbonyl (C=O) groups is 4. The molecule has 2 heterocycles. The Bertz CT molecular complexity index is 1220. The van der Waals surface area contributed by atoms with Crippen molar-refractivity contribution < 1.29 is 19.2 Å². The number of ketones is 1. The Balaban J connectivity index is 1.51. The highest BCUT2D eigenvalue weighted by Gasteiger charge is 2.49. The van der Waals surface area contributed by atoms with Gasteiger partial charge in [-0.15, -0.1) is 5.10 Å². The van der Waals surface area contributed by atoms with Crippen LogP contribution < -0.4 is 10.6 Å². The number of nitrogens with zero attached hydrogens (tertiary/aromatic N) is 5. The molecule has 1 fully saturated rings. The lowest BCUT2D eigenvalue weighted by molar-refractivity contribution is -0.130. The molecule has 11 heteroatoms. The number of amides is 4. The number of urea groups is 1. The number of benzene rings is 2. The fraction of sp³-hybridized carbons (Fsp3) is 0.227. The van der Waals surface area contributed by atoms with Crippen molar-refractivity contribution in [2.24, 2.45) is 0 Å². The van der Waals surface area contributed by atoms with E-state index in [1.54, 1.807) is 62.4 Å². The first kappa shape index (κ1) is 21.8. The number of rotatable bonds is 7. The van der Waals surface area contributed by atoms with E-state index >= 15 is 0 Å². The van der Waals surface area contributed by atoms with E-state index in [4.69, 9.17) is 0 Å². The summed E-state index contributed by atoms with van der Waals surface area (Å²) in [6, 6.07) is 12.5. The van der Waals surface area contributed by atoms with Crippen molar-refractivity contribution in [3.8, 4) is 5.69 Å². The monoisotopic (exact) mass is 447 g/mol. The van der Waals surface area contributed by atoms with Gasteiger partial charge in [0.1, 0.15) is 11.9 Å². The third-order valence-electron chi connectivity index (χ3n) is 5.43. The predicted octanol–water partition coefficient (Wildman–Crippen LogP) is 1.66. The SMILES string of the molecule is CCC(=O)Nc1ccc(C(=O)CN2C(=O)NC(C)(c3cccc(-n4cnnn4)c3)C2=O)cc1. The van der Waals surface area contributed by atoms with Gasteiger partial charge in [-0.25, -0.2) is 9.48 Å². The van der Waals surface area contributed by atoms with Crippen molar-refractivity contribution >= 4 is 29.3 Å². The second-order valence-corrected chi connectivity index (χ2v) is 7.65. The number of aromatic nitrogens is 4. The van der Waals surface area contributed by atoms with Crippen LogP contribution in [-0.4, -0.2) is 55.3 Å². The van der Waals surface area contributed by atoms with Gasteiger partial charge in [-0.3, -0.25) is 19.3 Å². The Hall–Kier alpha value is -4.41. The van der Waals surface area contributed by atoms with Crippen LogP contribution in [0.5, 0.6) is 0 Å². The fourth-order valence-corrected chi connectivity index (χ4v) is 3.50. The van der Waals surface area contributed by atoms with Crippen LogP contribution >= 0.6 is 0 Å². The van der Waals surface area contributed by atoms with Crippen molar-refractivity contribution in [3.05, 3.63) is 66.0 Å². The zero-order valence-electron chi connectivity index (χ0n) is 18.0. The van der Waals surface area contributed by atoms with Crippen LogP contribution in [0.1, 0.15) is 36.2 Å². The number of imide groups is 1. The van der Waals surface area contributed by atoms with E-state index in [0.717, 1.165) is 4.90 Å². The minimum absolute atomic E-state index is 0.142. The van der Waals surface area contributed by atoms with Crippen LogP contribution in [0.25, 0.3) is 5.69 Å². The molecule has 2 N–H and O–H groups in total. The molecule has 0 radical (unpaired) electrons. The van der Waals surface area contributed by atoms with Gasteiger partial charge in [-0.1, -0.05) is 19.1 Å². The maximum atomic E-state index is 13.2. The molecule has 2 aromatic carbocycles. The molecule has 1 atom stereocenters. The first-order valence-electron chi connectivity index (χ1n) is 10.2. The second-order valence-electron chi connectivity index (χ2n) is 7.65. The van der Waals surface area contributed by atoms with Crippen LogP contribution in [0.2, 0.25) is 0 Å². The van der Waals surface area contributed by atoms with Crippen LogP contribution in [0, 0.1) is 0 Å². The van der Waals surface area contributed by atoms with Gasteiger partial charge in [0.25, 0.3) is 5.91 Å². The van der Waals surface area contributed by atoms with E-state index in [-0.39, 0.29) is 5.91 Å². The van der Waals surface area contributed by atoms with E-state index in [9.17, 15) is 19.2 Å². The summed E-state index contributed by atoms with van der Waals surface area (Å²) in [4.78, 5) is 51.0. The van der Waals surface area contributed by atoms with Gasteiger partial charge in [0.2, 0.25) is 5.91 Å².